The van der Waals surface area contributed by atoms with Gasteiger partial charge in [-0.3, -0.25) is 4.79 Å². The van der Waals surface area contributed by atoms with Gasteiger partial charge in [0.05, 0.1) is 21.7 Å². The Morgan fingerprint density at radius 2 is 1.75 bits per heavy atom. The van der Waals surface area contributed by atoms with Crippen LogP contribution in [0.15, 0.2) is 47.6 Å². The highest BCUT2D eigenvalue weighted by molar-refractivity contribution is 6.33. The highest BCUT2D eigenvalue weighted by atomic mass is 35.5. The lowest BCUT2D eigenvalue weighted by molar-refractivity contribution is -0.130. The van der Waals surface area contributed by atoms with Crippen LogP contribution in [0.2, 0.25) is 10.0 Å². The van der Waals surface area contributed by atoms with Gasteiger partial charge in [0.1, 0.15) is 0 Å². The van der Waals surface area contributed by atoms with Crippen LogP contribution >= 0.6 is 23.2 Å². The number of oxime groups is 1. The molecule has 2 unspecified atom stereocenters. The zero-order valence-corrected chi connectivity index (χ0v) is 20.1. The lowest BCUT2D eigenvalue weighted by Gasteiger charge is -2.39. The van der Waals surface area contributed by atoms with Gasteiger partial charge in [-0.1, -0.05) is 67.3 Å². The highest BCUT2D eigenvalue weighted by Gasteiger charge is 2.71. The van der Waals surface area contributed by atoms with E-state index < -0.39 is 11.4 Å². The molecule has 2 aromatic rings. The first kappa shape index (κ1) is 22.8. The van der Waals surface area contributed by atoms with E-state index in [1.54, 1.807) is 30.3 Å². The predicted octanol–water partition coefficient (Wildman–Crippen LogP) is 6.67. The van der Waals surface area contributed by atoms with E-state index in [-0.39, 0.29) is 22.3 Å². The molecule has 0 radical (unpaired) electrons. The number of nitrogens with one attached hydrogen (secondary N) is 1. The molecule has 1 amide bonds. The maximum absolute atomic E-state index is 13.6. The Morgan fingerprint density at radius 3 is 2.44 bits per heavy atom. The van der Waals surface area contributed by atoms with Crippen LogP contribution in [0.1, 0.15) is 56.0 Å². The number of halogens is 2. The van der Waals surface area contributed by atoms with E-state index in [9.17, 15) is 9.59 Å². The molecule has 168 valence electrons. The number of amides is 1. The molecule has 5 nitrogen and oxygen atoms in total. The Morgan fingerprint density at radius 1 is 1.03 bits per heavy atom. The number of aryl methyl sites for hydroxylation is 1. The molecule has 0 saturated heterocycles. The van der Waals surface area contributed by atoms with Crippen LogP contribution in [-0.4, -0.2) is 17.6 Å². The SMILES string of the molecule is Cc1ccc(NC(=O)C23CCC(C)(/C(=N\OC(=O)c4ccccc4Cl)C2)C3(C)C)cc1Cl. The number of carbonyl (C=O) groups excluding carboxylic acids is 2. The molecular formula is C25H26Cl2N2O3. The van der Waals surface area contributed by atoms with Gasteiger partial charge < -0.3 is 10.2 Å². The molecule has 0 spiro atoms. The summed E-state index contributed by atoms with van der Waals surface area (Å²) in [6.45, 7) is 8.21. The number of hydrogen-bond donors (Lipinski definition) is 1. The van der Waals surface area contributed by atoms with Crippen LogP contribution in [0.3, 0.4) is 0 Å². The van der Waals surface area contributed by atoms with E-state index in [1.165, 1.54) is 0 Å². The van der Waals surface area contributed by atoms with E-state index in [2.05, 4.69) is 31.2 Å². The maximum atomic E-state index is 13.6. The third-order valence-corrected chi connectivity index (χ3v) is 8.67. The summed E-state index contributed by atoms with van der Waals surface area (Å²) in [5, 5.41) is 8.23. The second-order valence-corrected chi connectivity index (χ2v) is 10.3. The van der Waals surface area contributed by atoms with Gasteiger partial charge in [0, 0.05) is 22.5 Å². The highest BCUT2D eigenvalue weighted by Crippen LogP contribution is 2.71. The van der Waals surface area contributed by atoms with E-state index in [0.717, 1.165) is 24.1 Å². The molecule has 2 fully saturated rings. The molecule has 2 bridgehead atoms. The molecule has 2 aromatic carbocycles. The quantitative estimate of drug-likeness (QED) is 0.398. The smallest absolute Gasteiger partial charge is 0.326 e. The molecule has 7 heteroatoms. The zero-order chi connectivity index (χ0) is 23.3. The summed E-state index contributed by atoms with van der Waals surface area (Å²) in [7, 11) is 0. The van der Waals surface area contributed by atoms with Crippen LogP contribution in [0.4, 0.5) is 5.69 Å². The monoisotopic (exact) mass is 472 g/mol. The summed E-state index contributed by atoms with van der Waals surface area (Å²) < 4.78 is 0. The molecular weight excluding hydrogens is 447 g/mol. The topological polar surface area (TPSA) is 67.8 Å². The Hall–Kier alpha value is -2.37. The van der Waals surface area contributed by atoms with Crippen molar-refractivity contribution >= 4 is 46.5 Å². The Bertz CT molecular complexity index is 1140. The Kier molecular flexibility index (Phi) is 5.62. The van der Waals surface area contributed by atoms with Crippen LogP contribution in [0.25, 0.3) is 0 Å². The second-order valence-electron chi connectivity index (χ2n) is 9.53. The van der Waals surface area contributed by atoms with Gasteiger partial charge >= 0.3 is 5.97 Å². The normalized spacial score (nSPS) is 26.9. The largest absolute Gasteiger partial charge is 0.367 e. The fourth-order valence-corrected chi connectivity index (χ4v) is 5.61. The molecule has 1 N–H and O–H groups in total. The fraction of sp³-hybridized carbons (Fsp3) is 0.400. The lowest BCUT2D eigenvalue weighted by Crippen LogP contribution is -2.43. The molecule has 0 aliphatic heterocycles. The van der Waals surface area contributed by atoms with Crippen molar-refractivity contribution in [2.75, 3.05) is 5.32 Å². The van der Waals surface area contributed by atoms with E-state index in [1.807, 2.05) is 19.1 Å². The van der Waals surface area contributed by atoms with Crippen molar-refractivity contribution in [2.24, 2.45) is 21.4 Å². The summed E-state index contributed by atoms with van der Waals surface area (Å²) >= 11 is 12.3. The Balaban J connectivity index is 1.60. The molecule has 2 aliphatic carbocycles. The van der Waals surface area contributed by atoms with Crippen molar-refractivity contribution < 1.29 is 14.4 Å². The van der Waals surface area contributed by atoms with Gasteiger partial charge in [-0.2, -0.15) is 0 Å². The average Bonchev–Trinajstić information content (AvgIpc) is 3.05. The van der Waals surface area contributed by atoms with Crippen molar-refractivity contribution in [1.29, 1.82) is 0 Å². The van der Waals surface area contributed by atoms with Crippen molar-refractivity contribution in [3.8, 4) is 0 Å². The summed E-state index contributed by atoms with van der Waals surface area (Å²) in [6, 6.07) is 12.2. The lowest BCUT2D eigenvalue weighted by atomic mass is 9.64. The van der Waals surface area contributed by atoms with Gasteiger partial charge in [-0.15, -0.1) is 0 Å². The number of fused-ring (bicyclic) bond motifs is 2. The third-order valence-electron chi connectivity index (χ3n) is 7.93. The van der Waals surface area contributed by atoms with Gasteiger partial charge in [0.15, 0.2) is 0 Å². The number of anilines is 1. The first-order valence-electron chi connectivity index (χ1n) is 10.6. The second kappa shape index (κ2) is 7.89. The van der Waals surface area contributed by atoms with Crippen LogP contribution in [-0.2, 0) is 9.63 Å². The van der Waals surface area contributed by atoms with E-state index >= 15 is 0 Å². The zero-order valence-electron chi connectivity index (χ0n) is 18.6. The van der Waals surface area contributed by atoms with Gasteiger partial charge in [-0.25, -0.2) is 4.79 Å². The summed E-state index contributed by atoms with van der Waals surface area (Å²) in [5.41, 5.74) is 1.20. The number of nitrogens with zero attached hydrogens (tertiary/aromatic N) is 1. The van der Waals surface area contributed by atoms with Crippen LogP contribution < -0.4 is 5.32 Å². The van der Waals surface area contributed by atoms with Gasteiger partial charge in [0.2, 0.25) is 5.91 Å². The third kappa shape index (κ3) is 3.34. The summed E-state index contributed by atoms with van der Waals surface area (Å²) in [6.07, 6.45) is 1.95. The molecule has 32 heavy (non-hydrogen) atoms. The van der Waals surface area contributed by atoms with Crippen molar-refractivity contribution in [2.45, 2.75) is 47.0 Å². The standard InChI is InChI=1S/C25H26Cl2N2O3/c1-15-9-10-16(13-19(15)27)28-22(31)25-12-11-24(4,23(25,2)3)20(14-25)29-32-21(30)17-7-5-6-8-18(17)26/h5-10,13H,11-12,14H2,1-4H3,(H,28,31)/b29-20-. The van der Waals surface area contributed by atoms with Crippen molar-refractivity contribution in [3.05, 3.63) is 63.6 Å². The van der Waals surface area contributed by atoms with Crippen molar-refractivity contribution in [1.82, 2.24) is 0 Å². The van der Waals surface area contributed by atoms with E-state index in [4.69, 9.17) is 28.0 Å². The molecule has 2 aliphatic rings. The van der Waals surface area contributed by atoms with E-state index in [0.29, 0.717) is 22.2 Å². The minimum absolute atomic E-state index is 0.0613. The number of hydrogen-bond acceptors (Lipinski definition) is 4. The minimum atomic E-state index is -0.658. The molecule has 0 aromatic heterocycles. The van der Waals surface area contributed by atoms with Gasteiger partial charge in [-0.05, 0) is 55.0 Å². The summed E-state index contributed by atoms with van der Waals surface area (Å²) in [4.78, 5) is 31.4. The molecule has 2 saturated carbocycles. The number of carbonyl (C=O) groups is 2. The number of benzene rings is 2. The Labute approximate surface area is 198 Å². The molecule has 4 rings (SSSR count). The van der Waals surface area contributed by atoms with Gasteiger partial charge in [0.25, 0.3) is 0 Å². The van der Waals surface area contributed by atoms with Crippen LogP contribution in [0, 0.1) is 23.2 Å². The first-order valence-corrected chi connectivity index (χ1v) is 11.4. The van der Waals surface area contributed by atoms with Crippen molar-refractivity contribution in [3.63, 3.8) is 0 Å². The van der Waals surface area contributed by atoms with Crippen LogP contribution in [0.5, 0.6) is 0 Å². The summed E-state index contributed by atoms with van der Waals surface area (Å²) in [5.74, 6) is -0.672. The average molecular weight is 473 g/mol. The number of rotatable bonds is 4. The molecule has 0 heterocycles. The first-order chi connectivity index (χ1) is 15.0. The maximum Gasteiger partial charge on any atom is 0.367 e. The minimum Gasteiger partial charge on any atom is -0.326 e. The fourth-order valence-electron chi connectivity index (χ4n) is 5.22. The molecule has 2 atom stereocenters. The predicted molar refractivity (Wildman–Crippen MR) is 127 cm³/mol.